The van der Waals surface area contributed by atoms with Crippen LogP contribution in [0.5, 0.6) is 0 Å². The molecule has 1 rings (SSSR count). The Bertz CT molecular complexity index is 183. The second-order valence-corrected chi connectivity index (χ2v) is 5.11. The van der Waals surface area contributed by atoms with Crippen LogP contribution < -0.4 is 0 Å². The molecule has 0 aromatic carbocycles. The van der Waals surface area contributed by atoms with Gasteiger partial charge in [0.05, 0.1) is 0 Å². The fourth-order valence-electron chi connectivity index (χ4n) is 2.81. The molecule has 0 saturated heterocycles. The molecular weight excluding hydrogens is 160 g/mol. The van der Waals surface area contributed by atoms with Crippen molar-refractivity contribution >= 4 is 5.78 Å². The lowest BCUT2D eigenvalue weighted by molar-refractivity contribution is -0.126. The van der Waals surface area contributed by atoms with Crippen molar-refractivity contribution in [3.63, 3.8) is 0 Å². The highest BCUT2D eigenvalue weighted by atomic mass is 16.1. The van der Waals surface area contributed by atoms with E-state index in [2.05, 4.69) is 27.7 Å². The molecular formula is C12H22O. The number of ketones is 1. The van der Waals surface area contributed by atoms with Crippen LogP contribution in [0.25, 0.3) is 0 Å². The fourth-order valence-corrected chi connectivity index (χ4v) is 2.81. The van der Waals surface area contributed by atoms with Gasteiger partial charge in [0, 0.05) is 12.8 Å². The quantitative estimate of drug-likeness (QED) is 0.639. The van der Waals surface area contributed by atoms with E-state index in [1.54, 1.807) is 0 Å². The summed E-state index contributed by atoms with van der Waals surface area (Å²) in [5, 5.41) is 0. The van der Waals surface area contributed by atoms with Crippen molar-refractivity contribution in [3.05, 3.63) is 0 Å². The van der Waals surface area contributed by atoms with E-state index in [-0.39, 0.29) is 0 Å². The van der Waals surface area contributed by atoms with Gasteiger partial charge in [0.15, 0.2) is 0 Å². The molecule has 1 aliphatic carbocycles. The highest BCUT2D eigenvalue weighted by Gasteiger charge is 2.40. The molecule has 13 heavy (non-hydrogen) atoms. The lowest BCUT2D eigenvalue weighted by atomic mass is 9.61. The molecule has 1 heteroatoms. The summed E-state index contributed by atoms with van der Waals surface area (Å²) in [6.45, 7) is 9.05. The highest BCUT2D eigenvalue weighted by Crippen LogP contribution is 2.46. The molecule has 0 aromatic heterocycles. The molecule has 0 spiro atoms. The third-order valence-electron chi connectivity index (χ3n) is 3.92. The minimum absolute atomic E-state index is 0.301. The van der Waals surface area contributed by atoms with E-state index in [4.69, 9.17) is 0 Å². The zero-order chi connectivity index (χ0) is 10.1. The van der Waals surface area contributed by atoms with E-state index < -0.39 is 0 Å². The Morgan fingerprint density at radius 2 is 1.69 bits per heavy atom. The van der Waals surface area contributed by atoms with Crippen molar-refractivity contribution in [1.82, 2.24) is 0 Å². The van der Waals surface area contributed by atoms with Crippen LogP contribution in [-0.4, -0.2) is 5.78 Å². The maximum absolute atomic E-state index is 11.5. The Balaban J connectivity index is 2.83. The van der Waals surface area contributed by atoms with Gasteiger partial charge >= 0.3 is 0 Å². The third-order valence-corrected chi connectivity index (χ3v) is 3.92. The van der Waals surface area contributed by atoms with E-state index in [0.29, 0.717) is 23.0 Å². The Morgan fingerprint density at radius 3 is 2.00 bits per heavy atom. The molecule has 0 bridgehead atoms. The largest absolute Gasteiger partial charge is 0.300 e. The molecule has 0 amide bonds. The minimum atomic E-state index is 0.301. The van der Waals surface area contributed by atoms with Crippen LogP contribution in [0.2, 0.25) is 0 Å². The smallest absolute Gasteiger partial charge is 0.133 e. The van der Waals surface area contributed by atoms with Crippen LogP contribution in [0.3, 0.4) is 0 Å². The van der Waals surface area contributed by atoms with E-state index in [1.807, 2.05) is 0 Å². The summed E-state index contributed by atoms with van der Waals surface area (Å²) in [6.07, 6.45) is 3.99. The number of carbonyl (C=O) groups is 1. The van der Waals surface area contributed by atoms with Gasteiger partial charge in [-0.3, -0.25) is 4.79 Å². The summed E-state index contributed by atoms with van der Waals surface area (Å²) in [5.41, 5.74) is 0.301. The first-order valence-electron chi connectivity index (χ1n) is 5.51. The van der Waals surface area contributed by atoms with Crippen molar-refractivity contribution in [1.29, 1.82) is 0 Å². The minimum Gasteiger partial charge on any atom is -0.300 e. The summed E-state index contributed by atoms with van der Waals surface area (Å²) >= 11 is 0. The van der Waals surface area contributed by atoms with Crippen LogP contribution in [0.4, 0.5) is 0 Å². The molecule has 0 N–H and O–H groups in total. The summed E-state index contributed by atoms with van der Waals surface area (Å²) in [6, 6.07) is 0. The Morgan fingerprint density at radius 1 is 1.15 bits per heavy atom. The third kappa shape index (κ3) is 1.95. The van der Waals surface area contributed by atoms with Crippen LogP contribution in [0.1, 0.15) is 53.4 Å². The number of hydrogen-bond donors (Lipinski definition) is 0. The number of rotatable bonds is 2. The maximum Gasteiger partial charge on any atom is 0.133 e. The lowest BCUT2D eigenvalue weighted by Gasteiger charge is -2.43. The zero-order valence-electron chi connectivity index (χ0n) is 9.39. The van der Waals surface area contributed by atoms with E-state index >= 15 is 0 Å². The molecule has 0 radical (unpaired) electrons. The average molecular weight is 182 g/mol. The summed E-state index contributed by atoms with van der Waals surface area (Å²) < 4.78 is 0. The molecule has 1 aliphatic rings. The van der Waals surface area contributed by atoms with E-state index in [9.17, 15) is 4.79 Å². The second-order valence-electron chi connectivity index (χ2n) is 5.11. The van der Waals surface area contributed by atoms with Crippen molar-refractivity contribution in [2.75, 3.05) is 0 Å². The molecule has 76 valence electrons. The first-order chi connectivity index (χ1) is 5.99. The maximum atomic E-state index is 11.5. The van der Waals surface area contributed by atoms with Crippen LogP contribution in [0.15, 0.2) is 0 Å². The average Bonchev–Trinajstić information content (AvgIpc) is 2.03. The van der Waals surface area contributed by atoms with Crippen molar-refractivity contribution < 1.29 is 4.79 Å². The van der Waals surface area contributed by atoms with Gasteiger partial charge in [-0.25, -0.2) is 0 Å². The van der Waals surface area contributed by atoms with Crippen molar-refractivity contribution in [2.45, 2.75) is 53.4 Å². The normalized spacial score (nSPS) is 22.8. The summed E-state index contributed by atoms with van der Waals surface area (Å²) in [7, 11) is 0. The zero-order valence-corrected chi connectivity index (χ0v) is 9.39. The fraction of sp³-hybridized carbons (Fsp3) is 0.917. The molecule has 0 aliphatic heterocycles. The summed E-state index contributed by atoms with van der Waals surface area (Å²) in [4.78, 5) is 11.5. The predicted octanol–water partition coefficient (Wildman–Crippen LogP) is 3.43. The van der Waals surface area contributed by atoms with Crippen LogP contribution in [0, 0.1) is 17.3 Å². The van der Waals surface area contributed by atoms with Gasteiger partial charge in [-0.15, -0.1) is 0 Å². The van der Waals surface area contributed by atoms with Crippen molar-refractivity contribution in [2.24, 2.45) is 17.3 Å². The Hall–Kier alpha value is -0.330. The first kappa shape index (κ1) is 10.7. The second kappa shape index (κ2) is 3.81. The number of Topliss-reactive ketones (excluding diaryl/α,β-unsaturated/α-hetero) is 1. The highest BCUT2D eigenvalue weighted by molar-refractivity contribution is 5.80. The molecule has 0 atom stereocenters. The van der Waals surface area contributed by atoms with Gasteiger partial charge in [-0.1, -0.05) is 27.7 Å². The lowest BCUT2D eigenvalue weighted by Crippen LogP contribution is -2.38. The van der Waals surface area contributed by atoms with E-state index in [1.165, 1.54) is 6.42 Å². The topological polar surface area (TPSA) is 17.1 Å². The van der Waals surface area contributed by atoms with Crippen LogP contribution >= 0.6 is 0 Å². The Labute approximate surface area is 81.9 Å². The molecule has 0 aromatic rings. The molecule has 0 heterocycles. The van der Waals surface area contributed by atoms with Crippen LogP contribution in [-0.2, 0) is 4.79 Å². The summed E-state index contributed by atoms with van der Waals surface area (Å²) in [5.74, 6) is 1.75. The number of carbonyl (C=O) groups excluding carboxylic acids is 1. The van der Waals surface area contributed by atoms with Gasteiger partial charge in [0.25, 0.3) is 0 Å². The Kier molecular flexibility index (Phi) is 3.15. The van der Waals surface area contributed by atoms with Gasteiger partial charge in [0.2, 0.25) is 0 Å². The predicted molar refractivity (Wildman–Crippen MR) is 55.6 cm³/mol. The van der Waals surface area contributed by atoms with E-state index in [0.717, 1.165) is 19.3 Å². The SMILES string of the molecule is CC(C)C1(C(C)C)CCCC(=O)C1. The molecule has 1 saturated carbocycles. The number of hydrogen-bond acceptors (Lipinski definition) is 1. The molecule has 0 unspecified atom stereocenters. The molecule has 1 nitrogen and oxygen atoms in total. The molecule has 1 fully saturated rings. The van der Waals surface area contributed by atoms with Gasteiger partial charge in [-0.05, 0) is 30.1 Å². The van der Waals surface area contributed by atoms with Crippen molar-refractivity contribution in [3.8, 4) is 0 Å². The first-order valence-corrected chi connectivity index (χ1v) is 5.51. The van der Waals surface area contributed by atoms with Gasteiger partial charge in [-0.2, -0.15) is 0 Å². The van der Waals surface area contributed by atoms with Gasteiger partial charge in [0.1, 0.15) is 5.78 Å². The standard InChI is InChI=1S/C12H22O/c1-9(2)12(10(3)4)7-5-6-11(13)8-12/h9-10H,5-8H2,1-4H3. The monoisotopic (exact) mass is 182 g/mol. The van der Waals surface area contributed by atoms with Gasteiger partial charge < -0.3 is 0 Å².